The third-order valence-electron chi connectivity index (χ3n) is 2.23. The topological polar surface area (TPSA) is 75.9 Å². The number of nitrogens with one attached hydrogen (secondary N) is 2. The summed E-state index contributed by atoms with van der Waals surface area (Å²) in [6.45, 7) is 0. The highest BCUT2D eigenvalue weighted by Crippen LogP contribution is 2.27. The quantitative estimate of drug-likeness (QED) is 0.342. The molecule has 19 heavy (non-hydrogen) atoms. The number of hydrogen-bond acceptors (Lipinski definition) is 6. The SMILES string of the molecule is CSc1nc(NN)cc(Nc2ccc(F)cc2Br)n1. The van der Waals surface area contributed by atoms with Crippen LogP contribution in [-0.4, -0.2) is 16.2 Å². The van der Waals surface area contributed by atoms with Gasteiger partial charge in [0, 0.05) is 10.5 Å². The fraction of sp³-hybridized carbons (Fsp3) is 0.0909. The van der Waals surface area contributed by atoms with Crippen molar-refractivity contribution in [3.63, 3.8) is 0 Å². The zero-order valence-corrected chi connectivity index (χ0v) is 12.3. The summed E-state index contributed by atoms with van der Waals surface area (Å²) in [4.78, 5) is 8.44. The molecule has 2 rings (SSSR count). The summed E-state index contributed by atoms with van der Waals surface area (Å²) in [5.74, 6) is 6.11. The average molecular weight is 344 g/mol. The van der Waals surface area contributed by atoms with Crippen LogP contribution in [0.1, 0.15) is 0 Å². The minimum absolute atomic E-state index is 0.311. The maximum absolute atomic E-state index is 13.0. The first kappa shape index (κ1) is 14.0. The third kappa shape index (κ3) is 3.55. The van der Waals surface area contributed by atoms with Crippen molar-refractivity contribution >= 4 is 45.0 Å². The van der Waals surface area contributed by atoms with Gasteiger partial charge in [0.2, 0.25) is 0 Å². The van der Waals surface area contributed by atoms with Crippen molar-refractivity contribution in [2.24, 2.45) is 5.84 Å². The maximum Gasteiger partial charge on any atom is 0.191 e. The van der Waals surface area contributed by atoms with E-state index in [1.54, 1.807) is 12.1 Å². The van der Waals surface area contributed by atoms with Crippen molar-refractivity contribution in [2.75, 3.05) is 17.0 Å². The number of nitrogens with two attached hydrogens (primary N) is 1. The minimum atomic E-state index is -0.311. The Morgan fingerprint density at radius 1 is 1.26 bits per heavy atom. The Kier molecular flexibility index (Phi) is 4.56. The molecule has 0 aliphatic rings. The molecule has 2 aromatic rings. The minimum Gasteiger partial charge on any atom is -0.339 e. The molecule has 0 atom stereocenters. The van der Waals surface area contributed by atoms with Gasteiger partial charge in [-0.3, -0.25) is 0 Å². The summed E-state index contributed by atoms with van der Waals surface area (Å²) < 4.78 is 13.6. The lowest BCUT2D eigenvalue weighted by Gasteiger charge is -2.10. The molecule has 1 aromatic carbocycles. The Morgan fingerprint density at radius 3 is 2.63 bits per heavy atom. The van der Waals surface area contributed by atoms with Crippen molar-refractivity contribution in [1.82, 2.24) is 9.97 Å². The predicted octanol–water partition coefficient (Wildman–Crippen LogP) is 3.13. The highest BCUT2D eigenvalue weighted by molar-refractivity contribution is 9.10. The molecule has 5 nitrogen and oxygen atoms in total. The van der Waals surface area contributed by atoms with Crippen LogP contribution < -0.4 is 16.6 Å². The Balaban J connectivity index is 2.31. The van der Waals surface area contributed by atoms with Crippen molar-refractivity contribution in [1.29, 1.82) is 0 Å². The normalized spacial score (nSPS) is 10.3. The molecular weight excluding hydrogens is 333 g/mol. The van der Waals surface area contributed by atoms with Gasteiger partial charge in [-0.25, -0.2) is 20.2 Å². The number of hydrazine groups is 1. The molecule has 0 spiro atoms. The summed E-state index contributed by atoms with van der Waals surface area (Å²) in [5, 5.41) is 3.66. The van der Waals surface area contributed by atoms with Gasteiger partial charge in [-0.05, 0) is 40.4 Å². The van der Waals surface area contributed by atoms with Gasteiger partial charge in [0.1, 0.15) is 17.5 Å². The van der Waals surface area contributed by atoms with Crippen molar-refractivity contribution < 1.29 is 4.39 Å². The van der Waals surface area contributed by atoms with E-state index in [1.165, 1.54) is 23.9 Å². The second kappa shape index (κ2) is 6.18. The van der Waals surface area contributed by atoms with Crippen LogP contribution in [0, 0.1) is 5.82 Å². The van der Waals surface area contributed by atoms with Crippen molar-refractivity contribution in [3.05, 3.63) is 34.6 Å². The molecule has 0 saturated carbocycles. The van der Waals surface area contributed by atoms with Crippen LogP contribution in [0.15, 0.2) is 33.9 Å². The van der Waals surface area contributed by atoms with Gasteiger partial charge in [-0.1, -0.05) is 11.8 Å². The van der Waals surface area contributed by atoms with Crippen LogP contribution in [0.2, 0.25) is 0 Å². The van der Waals surface area contributed by atoms with Gasteiger partial charge >= 0.3 is 0 Å². The number of anilines is 3. The molecule has 100 valence electrons. The Hall–Kier alpha value is -1.38. The molecule has 1 aromatic heterocycles. The first-order valence-corrected chi connectivity index (χ1v) is 7.26. The first-order chi connectivity index (χ1) is 9.12. The molecule has 0 unspecified atom stereocenters. The summed E-state index contributed by atoms with van der Waals surface area (Å²) in [6.07, 6.45) is 1.87. The second-order valence-electron chi connectivity index (χ2n) is 3.52. The van der Waals surface area contributed by atoms with E-state index in [0.717, 1.165) is 0 Å². The van der Waals surface area contributed by atoms with Gasteiger partial charge in [0.25, 0.3) is 0 Å². The molecule has 4 N–H and O–H groups in total. The first-order valence-electron chi connectivity index (χ1n) is 5.24. The van der Waals surface area contributed by atoms with Crippen LogP contribution >= 0.6 is 27.7 Å². The number of hydrogen-bond donors (Lipinski definition) is 3. The van der Waals surface area contributed by atoms with E-state index in [0.29, 0.717) is 27.0 Å². The number of aromatic nitrogens is 2. The largest absolute Gasteiger partial charge is 0.339 e. The number of thioether (sulfide) groups is 1. The molecule has 0 saturated heterocycles. The number of rotatable bonds is 4. The molecule has 0 aliphatic carbocycles. The van der Waals surface area contributed by atoms with Crippen molar-refractivity contribution in [3.8, 4) is 0 Å². The van der Waals surface area contributed by atoms with Gasteiger partial charge in [-0.15, -0.1) is 0 Å². The van der Waals surface area contributed by atoms with Crippen LogP contribution in [0.25, 0.3) is 0 Å². The van der Waals surface area contributed by atoms with E-state index in [4.69, 9.17) is 5.84 Å². The van der Waals surface area contributed by atoms with E-state index in [9.17, 15) is 4.39 Å². The van der Waals surface area contributed by atoms with E-state index < -0.39 is 0 Å². The Labute approximate surface area is 122 Å². The second-order valence-corrected chi connectivity index (χ2v) is 5.15. The Morgan fingerprint density at radius 2 is 2.00 bits per heavy atom. The van der Waals surface area contributed by atoms with E-state index in [-0.39, 0.29) is 5.82 Å². The fourth-order valence-electron chi connectivity index (χ4n) is 1.38. The molecule has 0 fully saturated rings. The highest BCUT2D eigenvalue weighted by atomic mass is 79.9. The van der Waals surface area contributed by atoms with Gasteiger partial charge < -0.3 is 10.7 Å². The monoisotopic (exact) mass is 343 g/mol. The average Bonchev–Trinajstić information content (AvgIpc) is 2.41. The van der Waals surface area contributed by atoms with Crippen LogP contribution in [0.5, 0.6) is 0 Å². The molecule has 1 heterocycles. The number of benzene rings is 1. The summed E-state index contributed by atoms with van der Waals surface area (Å²) in [7, 11) is 0. The summed E-state index contributed by atoms with van der Waals surface area (Å²) >= 11 is 4.68. The standard InChI is InChI=1S/C11H11BrFN5S/c1-19-11-16-9(5-10(17-11)18-14)15-8-3-2-6(13)4-7(8)12/h2-5H,14H2,1H3,(H2,15,16,17,18). The predicted molar refractivity (Wildman–Crippen MR) is 79.0 cm³/mol. The Bertz CT molecular complexity index is 573. The van der Waals surface area contributed by atoms with E-state index >= 15 is 0 Å². The van der Waals surface area contributed by atoms with Crippen LogP contribution in [0.4, 0.5) is 21.7 Å². The third-order valence-corrected chi connectivity index (χ3v) is 3.43. The van der Waals surface area contributed by atoms with Gasteiger partial charge in [-0.2, -0.15) is 0 Å². The number of nitrogens with zero attached hydrogens (tertiary/aromatic N) is 2. The van der Waals surface area contributed by atoms with Crippen LogP contribution in [-0.2, 0) is 0 Å². The summed E-state index contributed by atoms with van der Waals surface area (Å²) in [6, 6.07) is 6.03. The van der Waals surface area contributed by atoms with Crippen LogP contribution in [0.3, 0.4) is 0 Å². The molecule has 0 bridgehead atoms. The smallest absolute Gasteiger partial charge is 0.191 e. The highest BCUT2D eigenvalue weighted by Gasteiger charge is 2.06. The zero-order chi connectivity index (χ0) is 13.8. The van der Waals surface area contributed by atoms with Gasteiger partial charge in [0.15, 0.2) is 5.16 Å². The number of nitrogen functional groups attached to an aromatic ring is 1. The lowest BCUT2D eigenvalue weighted by molar-refractivity contribution is 0.627. The van der Waals surface area contributed by atoms with Gasteiger partial charge in [0.05, 0.1) is 5.69 Å². The van der Waals surface area contributed by atoms with Crippen molar-refractivity contribution in [2.45, 2.75) is 5.16 Å². The summed E-state index contributed by atoms with van der Waals surface area (Å²) in [5.41, 5.74) is 3.18. The fourth-order valence-corrected chi connectivity index (χ4v) is 2.21. The molecule has 0 aliphatic heterocycles. The zero-order valence-electron chi connectivity index (χ0n) is 9.95. The van der Waals surface area contributed by atoms with E-state index in [1.807, 2.05) is 6.26 Å². The van der Waals surface area contributed by atoms with E-state index in [2.05, 4.69) is 36.6 Å². The molecule has 8 heteroatoms. The molecule has 0 radical (unpaired) electrons. The maximum atomic E-state index is 13.0. The molecule has 0 amide bonds. The molecular formula is C11H11BrFN5S. The lowest BCUT2D eigenvalue weighted by Crippen LogP contribution is -2.10. The number of halogens is 2. The lowest BCUT2D eigenvalue weighted by atomic mass is 10.3.